The van der Waals surface area contributed by atoms with Crippen molar-refractivity contribution in [2.24, 2.45) is 0 Å². The van der Waals surface area contributed by atoms with Gasteiger partial charge in [0.05, 0.1) is 17.7 Å². The molecule has 0 fully saturated rings. The number of hydrogen-bond acceptors (Lipinski definition) is 7. The van der Waals surface area contributed by atoms with E-state index in [-0.39, 0.29) is 10.8 Å². The highest BCUT2D eigenvalue weighted by Gasteiger charge is 2.15. The molecule has 1 amide bonds. The minimum absolute atomic E-state index is 0.100. The zero-order valence-electron chi connectivity index (χ0n) is 20.7. The van der Waals surface area contributed by atoms with Gasteiger partial charge in [-0.3, -0.25) is 14.8 Å². The summed E-state index contributed by atoms with van der Waals surface area (Å²) in [5, 5.41) is 5.10. The van der Waals surface area contributed by atoms with Crippen LogP contribution in [0.3, 0.4) is 0 Å². The molecule has 10 heteroatoms. The molecule has 0 spiro atoms. The number of carbonyl (C=O) groups is 1. The maximum Gasteiger partial charge on any atom is 0.261 e. The normalized spacial score (nSPS) is 11.0. The fourth-order valence-corrected chi connectivity index (χ4v) is 5.38. The van der Waals surface area contributed by atoms with E-state index in [0.29, 0.717) is 27.9 Å². The summed E-state index contributed by atoms with van der Waals surface area (Å²) in [6.07, 6.45) is 0. The zero-order valence-corrected chi connectivity index (χ0v) is 22.3. The largest absolute Gasteiger partial charge is 0.497 e. The van der Waals surface area contributed by atoms with E-state index in [4.69, 9.17) is 9.47 Å². The molecule has 196 valence electrons. The second-order valence-electron chi connectivity index (χ2n) is 8.29. The molecule has 0 radical (unpaired) electrons. The van der Waals surface area contributed by atoms with Gasteiger partial charge in [-0.15, -0.1) is 11.3 Å². The number of nitrogens with zero attached hydrogens (tertiary/aromatic N) is 1. The van der Waals surface area contributed by atoms with Crippen LogP contribution >= 0.6 is 11.3 Å². The minimum Gasteiger partial charge on any atom is -0.497 e. The van der Waals surface area contributed by atoms with Crippen molar-refractivity contribution >= 4 is 38.1 Å². The van der Waals surface area contributed by atoms with Gasteiger partial charge in [0, 0.05) is 22.2 Å². The van der Waals surface area contributed by atoms with E-state index in [1.54, 1.807) is 24.3 Å². The predicted octanol–water partition coefficient (Wildman–Crippen LogP) is 6.66. The van der Waals surface area contributed by atoms with Crippen LogP contribution in [0.4, 0.5) is 10.8 Å². The van der Waals surface area contributed by atoms with Gasteiger partial charge < -0.3 is 9.47 Å². The van der Waals surface area contributed by atoms with Crippen molar-refractivity contribution in [3.05, 3.63) is 114 Å². The summed E-state index contributed by atoms with van der Waals surface area (Å²) in [5.74, 6) is 1.67. The molecule has 0 bridgehead atoms. The van der Waals surface area contributed by atoms with Crippen molar-refractivity contribution in [2.45, 2.75) is 4.90 Å². The number of hydrogen-bond donors (Lipinski definition) is 2. The lowest BCUT2D eigenvalue weighted by Gasteiger charge is -2.09. The fraction of sp³-hybridized carbons (Fsp3) is 0.0345. The van der Waals surface area contributed by atoms with Crippen LogP contribution in [0.25, 0.3) is 11.3 Å². The summed E-state index contributed by atoms with van der Waals surface area (Å²) in [6.45, 7) is 0. The maximum atomic E-state index is 12.7. The Morgan fingerprint density at radius 1 is 0.795 bits per heavy atom. The Balaban J connectivity index is 1.20. The van der Waals surface area contributed by atoms with Crippen molar-refractivity contribution in [1.29, 1.82) is 0 Å². The number of methoxy groups -OCH3 is 1. The quantitative estimate of drug-likeness (QED) is 0.210. The van der Waals surface area contributed by atoms with E-state index in [9.17, 15) is 13.2 Å². The molecule has 39 heavy (non-hydrogen) atoms. The number of thiazole rings is 1. The molecule has 0 aliphatic carbocycles. The first kappa shape index (κ1) is 26.0. The number of nitrogens with one attached hydrogen (secondary N) is 2. The van der Waals surface area contributed by atoms with Crippen molar-refractivity contribution < 1.29 is 22.7 Å². The van der Waals surface area contributed by atoms with Crippen LogP contribution in [0.5, 0.6) is 17.2 Å². The van der Waals surface area contributed by atoms with E-state index >= 15 is 0 Å². The zero-order chi connectivity index (χ0) is 27.2. The highest BCUT2D eigenvalue weighted by molar-refractivity contribution is 7.92. The summed E-state index contributed by atoms with van der Waals surface area (Å²) in [6, 6.07) is 29.3. The topological polar surface area (TPSA) is 107 Å². The van der Waals surface area contributed by atoms with E-state index in [2.05, 4.69) is 15.0 Å². The SMILES string of the molecule is COc1ccc(S(=O)(=O)Nc2ccc(C(=O)Nc3nc(-c4ccc(Oc5ccccc5)cc4)cs3)cc2)cc1. The summed E-state index contributed by atoms with van der Waals surface area (Å²) < 4.78 is 38.7. The molecule has 4 aromatic carbocycles. The molecular formula is C29H23N3O5S2. The van der Waals surface area contributed by atoms with Crippen LogP contribution in [-0.2, 0) is 10.0 Å². The van der Waals surface area contributed by atoms with Gasteiger partial charge in [-0.25, -0.2) is 13.4 Å². The Labute approximate surface area is 229 Å². The summed E-state index contributed by atoms with van der Waals surface area (Å²) >= 11 is 1.31. The molecular weight excluding hydrogens is 534 g/mol. The Bertz CT molecular complexity index is 1670. The van der Waals surface area contributed by atoms with Gasteiger partial charge in [0.1, 0.15) is 17.2 Å². The van der Waals surface area contributed by atoms with Gasteiger partial charge in [0.2, 0.25) is 0 Å². The fourth-order valence-electron chi connectivity index (χ4n) is 3.61. The van der Waals surface area contributed by atoms with Gasteiger partial charge in [0.15, 0.2) is 5.13 Å². The molecule has 1 aromatic heterocycles. The third kappa shape index (κ3) is 6.43. The van der Waals surface area contributed by atoms with Gasteiger partial charge >= 0.3 is 0 Å². The van der Waals surface area contributed by atoms with E-state index in [1.165, 1.54) is 42.7 Å². The number of amides is 1. The van der Waals surface area contributed by atoms with Crippen molar-refractivity contribution in [3.8, 4) is 28.5 Å². The van der Waals surface area contributed by atoms with Crippen LogP contribution in [0.1, 0.15) is 10.4 Å². The Hall–Kier alpha value is -4.67. The average Bonchev–Trinajstić information content (AvgIpc) is 3.42. The third-order valence-corrected chi connectivity index (χ3v) is 7.78. The van der Waals surface area contributed by atoms with Crippen molar-refractivity contribution in [3.63, 3.8) is 0 Å². The van der Waals surface area contributed by atoms with Crippen LogP contribution in [0.2, 0.25) is 0 Å². The molecule has 8 nitrogen and oxygen atoms in total. The standard InChI is InChI=1S/C29H23N3O5S2/c1-36-23-15-17-26(18-16-23)39(34,35)32-22-11-7-21(8-12-22)28(33)31-29-30-27(19-38-29)20-9-13-25(14-10-20)37-24-5-3-2-4-6-24/h2-19,32H,1H3,(H,30,31,33). The summed E-state index contributed by atoms with van der Waals surface area (Å²) in [4.78, 5) is 17.4. The molecule has 0 saturated heterocycles. The van der Waals surface area contributed by atoms with E-state index < -0.39 is 10.0 Å². The highest BCUT2D eigenvalue weighted by atomic mass is 32.2. The van der Waals surface area contributed by atoms with Gasteiger partial charge in [-0.2, -0.15) is 0 Å². The molecule has 0 saturated carbocycles. The predicted molar refractivity (Wildman–Crippen MR) is 152 cm³/mol. The number of para-hydroxylation sites is 1. The second-order valence-corrected chi connectivity index (χ2v) is 10.8. The smallest absolute Gasteiger partial charge is 0.261 e. The van der Waals surface area contributed by atoms with Crippen molar-refractivity contribution in [2.75, 3.05) is 17.1 Å². The molecule has 1 heterocycles. The van der Waals surface area contributed by atoms with Crippen LogP contribution < -0.4 is 19.5 Å². The summed E-state index contributed by atoms with van der Waals surface area (Å²) in [5.41, 5.74) is 2.31. The lowest BCUT2D eigenvalue weighted by atomic mass is 10.2. The first-order chi connectivity index (χ1) is 18.9. The summed E-state index contributed by atoms with van der Waals surface area (Å²) in [7, 11) is -2.28. The number of ether oxygens (including phenoxy) is 2. The van der Waals surface area contributed by atoms with Crippen LogP contribution in [0, 0.1) is 0 Å². The molecule has 2 N–H and O–H groups in total. The molecule has 5 aromatic rings. The number of benzene rings is 4. The molecule has 0 aliphatic heterocycles. The number of carbonyl (C=O) groups excluding carboxylic acids is 1. The van der Waals surface area contributed by atoms with Crippen molar-refractivity contribution in [1.82, 2.24) is 4.98 Å². The lowest BCUT2D eigenvalue weighted by molar-refractivity contribution is 0.102. The van der Waals surface area contributed by atoms with Gasteiger partial charge in [0.25, 0.3) is 15.9 Å². The lowest BCUT2D eigenvalue weighted by Crippen LogP contribution is -2.14. The second kappa shape index (κ2) is 11.4. The average molecular weight is 558 g/mol. The number of anilines is 2. The monoisotopic (exact) mass is 557 g/mol. The van der Waals surface area contributed by atoms with Crippen LogP contribution in [0.15, 0.2) is 113 Å². The minimum atomic E-state index is -3.78. The van der Waals surface area contributed by atoms with Crippen LogP contribution in [-0.4, -0.2) is 26.4 Å². The molecule has 0 aliphatic rings. The Kier molecular flexibility index (Phi) is 7.57. The first-order valence-corrected chi connectivity index (χ1v) is 14.1. The molecule has 0 unspecified atom stereocenters. The third-order valence-electron chi connectivity index (χ3n) is 5.62. The molecule has 5 rings (SSSR count). The number of sulfonamides is 1. The molecule has 0 atom stereocenters. The van der Waals surface area contributed by atoms with Gasteiger partial charge in [-0.1, -0.05) is 18.2 Å². The first-order valence-electron chi connectivity index (χ1n) is 11.8. The highest BCUT2D eigenvalue weighted by Crippen LogP contribution is 2.28. The van der Waals surface area contributed by atoms with Gasteiger partial charge in [-0.05, 0) is 84.9 Å². The van der Waals surface area contributed by atoms with E-state index in [1.807, 2.05) is 60.0 Å². The Morgan fingerprint density at radius 2 is 1.44 bits per heavy atom. The Morgan fingerprint density at radius 3 is 2.10 bits per heavy atom. The number of rotatable bonds is 9. The number of aromatic nitrogens is 1. The van der Waals surface area contributed by atoms with E-state index in [0.717, 1.165) is 17.0 Å². The maximum absolute atomic E-state index is 12.7.